The highest BCUT2D eigenvalue weighted by Crippen LogP contribution is 2.05. The van der Waals surface area contributed by atoms with Gasteiger partial charge < -0.3 is 10.1 Å². The molecule has 2 N–H and O–H groups in total. The average molecular weight is 183 g/mol. The first kappa shape index (κ1) is 10.1. The summed E-state index contributed by atoms with van der Waals surface area (Å²) in [6.07, 6.45) is 1.15. The maximum atomic E-state index is 5.37. The van der Waals surface area contributed by atoms with Crippen LogP contribution in [0.2, 0.25) is 0 Å². The van der Waals surface area contributed by atoms with E-state index in [0.29, 0.717) is 12.5 Å². The molecule has 0 aromatic carbocycles. The molecule has 0 aliphatic rings. The first-order chi connectivity index (χ1) is 6.33. The Morgan fingerprint density at radius 1 is 1.54 bits per heavy atom. The number of H-pyrrole nitrogens is 1. The second-order valence-corrected chi connectivity index (χ2v) is 2.99. The van der Waals surface area contributed by atoms with Crippen LogP contribution in [-0.4, -0.2) is 29.9 Å². The number of nitrogens with one attached hydrogen (secondary N) is 2. The van der Waals surface area contributed by atoms with Crippen LogP contribution in [0.3, 0.4) is 0 Å². The Morgan fingerprint density at radius 3 is 3.00 bits per heavy atom. The van der Waals surface area contributed by atoms with Crippen molar-refractivity contribution in [3.05, 3.63) is 11.8 Å². The molecule has 4 nitrogen and oxygen atoms in total. The third kappa shape index (κ3) is 3.94. The molecule has 0 spiro atoms. The van der Waals surface area contributed by atoms with E-state index in [1.807, 2.05) is 13.0 Å². The fraction of sp³-hybridized carbons (Fsp3) is 0.667. The summed E-state index contributed by atoms with van der Waals surface area (Å²) in [5.74, 6) is 0.677. The van der Waals surface area contributed by atoms with Gasteiger partial charge in [0, 0.05) is 18.3 Å². The molecular formula is C9H17N3O. The van der Waals surface area contributed by atoms with E-state index in [4.69, 9.17) is 4.74 Å². The molecule has 0 fully saturated rings. The summed E-state index contributed by atoms with van der Waals surface area (Å²) in [4.78, 5) is 0. The number of hydrogen-bond donors (Lipinski definition) is 2. The van der Waals surface area contributed by atoms with Crippen molar-refractivity contribution >= 4 is 0 Å². The van der Waals surface area contributed by atoms with Gasteiger partial charge in [0.25, 0.3) is 0 Å². The highest BCUT2D eigenvalue weighted by molar-refractivity contribution is 5.11. The van der Waals surface area contributed by atoms with Crippen molar-refractivity contribution < 1.29 is 4.74 Å². The van der Waals surface area contributed by atoms with Crippen LogP contribution in [0.1, 0.15) is 19.0 Å². The Labute approximate surface area is 78.7 Å². The van der Waals surface area contributed by atoms with Gasteiger partial charge in [-0.15, -0.1) is 5.10 Å². The monoisotopic (exact) mass is 183 g/mol. The number of aromatic amines is 1. The number of ether oxygens (including phenoxy) is 1. The van der Waals surface area contributed by atoms with Gasteiger partial charge in [-0.2, -0.15) is 0 Å². The number of rotatable bonds is 6. The fourth-order valence-electron chi connectivity index (χ4n) is 0.997. The lowest BCUT2D eigenvalue weighted by Gasteiger charge is -2.02. The number of aryl methyl sites for hydroxylation is 1. The van der Waals surface area contributed by atoms with Crippen LogP contribution in [0.4, 0.5) is 0 Å². The first-order valence-corrected chi connectivity index (χ1v) is 4.68. The van der Waals surface area contributed by atoms with Gasteiger partial charge in [-0.3, -0.25) is 5.10 Å². The molecule has 4 heteroatoms. The summed E-state index contributed by atoms with van der Waals surface area (Å²) in [6, 6.07) is 1.89. The van der Waals surface area contributed by atoms with Crippen LogP contribution < -0.4 is 10.1 Å². The van der Waals surface area contributed by atoms with E-state index in [2.05, 4.69) is 22.4 Å². The van der Waals surface area contributed by atoms with Gasteiger partial charge in [-0.1, -0.05) is 6.92 Å². The number of nitrogens with zero attached hydrogens (tertiary/aromatic N) is 1. The van der Waals surface area contributed by atoms with Gasteiger partial charge in [0.15, 0.2) is 0 Å². The predicted molar refractivity (Wildman–Crippen MR) is 52.0 cm³/mol. The highest BCUT2D eigenvalue weighted by Gasteiger charge is 1.96. The van der Waals surface area contributed by atoms with E-state index >= 15 is 0 Å². The Morgan fingerprint density at radius 2 is 2.38 bits per heavy atom. The minimum Gasteiger partial charge on any atom is -0.475 e. The van der Waals surface area contributed by atoms with Crippen LogP contribution in [0.25, 0.3) is 0 Å². The molecular weight excluding hydrogens is 166 g/mol. The van der Waals surface area contributed by atoms with Gasteiger partial charge in [0.1, 0.15) is 6.61 Å². The Hall–Kier alpha value is -1.03. The van der Waals surface area contributed by atoms with E-state index in [0.717, 1.165) is 25.2 Å². The minimum absolute atomic E-state index is 0.671. The quantitative estimate of drug-likeness (QED) is 0.649. The summed E-state index contributed by atoms with van der Waals surface area (Å²) >= 11 is 0. The van der Waals surface area contributed by atoms with Crippen molar-refractivity contribution in [3.8, 4) is 5.88 Å². The van der Waals surface area contributed by atoms with Crippen LogP contribution in [-0.2, 0) is 0 Å². The molecule has 1 rings (SSSR count). The summed E-state index contributed by atoms with van der Waals surface area (Å²) in [7, 11) is 0. The lowest BCUT2D eigenvalue weighted by atomic mass is 10.5. The third-order valence-corrected chi connectivity index (χ3v) is 1.64. The second-order valence-electron chi connectivity index (χ2n) is 2.99. The van der Waals surface area contributed by atoms with E-state index in [1.54, 1.807) is 0 Å². The van der Waals surface area contributed by atoms with E-state index in [1.165, 1.54) is 0 Å². The molecule has 0 atom stereocenters. The van der Waals surface area contributed by atoms with Crippen LogP contribution in [0.15, 0.2) is 6.07 Å². The maximum absolute atomic E-state index is 5.37. The van der Waals surface area contributed by atoms with Gasteiger partial charge in [-0.25, -0.2) is 0 Å². The maximum Gasteiger partial charge on any atom is 0.232 e. The molecule has 0 aliphatic carbocycles. The van der Waals surface area contributed by atoms with Crippen molar-refractivity contribution in [2.24, 2.45) is 0 Å². The molecule has 1 aromatic rings. The SMILES string of the molecule is CCCNCCOc1cc(C)[nH]n1. The average Bonchev–Trinajstić information content (AvgIpc) is 2.51. The lowest BCUT2D eigenvalue weighted by molar-refractivity contribution is 0.302. The largest absolute Gasteiger partial charge is 0.475 e. The highest BCUT2D eigenvalue weighted by atomic mass is 16.5. The molecule has 1 aromatic heterocycles. The molecule has 1 heterocycles. The van der Waals surface area contributed by atoms with Crippen LogP contribution >= 0.6 is 0 Å². The fourth-order valence-corrected chi connectivity index (χ4v) is 0.997. The predicted octanol–water partition coefficient (Wildman–Crippen LogP) is 1.10. The molecule has 0 aliphatic heterocycles. The Balaban J connectivity index is 2.06. The molecule has 0 bridgehead atoms. The van der Waals surface area contributed by atoms with Crippen molar-refractivity contribution in [2.75, 3.05) is 19.7 Å². The van der Waals surface area contributed by atoms with Crippen LogP contribution in [0.5, 0.6) is 5.88 Å². The molecule has 0 amide bonds. The smallest absolute Gasteiger partial charge is 0.232 e. The van der Waals surface area contributed by atoms with Gasteiger partial charge in [0.05, 0.1) is 0 Å². The Kier molecular flexibility index (Phi) is 4.32. The third-order valence-electron chi connectivity index (χ3n) is 1.64. The van der Waals surface area contributed by atoms with Gasteiger partial charge in [-0.05, 0) is 19.9 Å². The summed E-state index contributed by atoms with van der Waals surface area (Å²) < 4.78 is 5.37. The Bertz CT molecular complexity index is 235. The van der Waals surface area contributed by atoms with Crippen LogP contribution in [0, 0.1) is 6.92 Å². The first-order valence-electron chi connectivity index (χ1n) is 4.68. The van der Waals surface area contributed by atoms with Crippen molar-refractivity contribution in [1.82, 2.24) is 15.5 Å². The van der Waals surface area contributed by atoms with E-state index in [-0.39, 0.29) is 0 Å². The zero-order valence-electron chi connectivity index (χ0n) is 8.26. The number of aromatic nitrogens is 2. The van der Waals surface area contributed by atoms with Crippen molar-refractivity contribution in [2.45, 2.75) is 20.3 Å². The molecule has 0 unspecified atom stereocenters. The summed E-state index contributed by atoms with van der Waals surface area (Å²) in [6.45, 7) is 6.69. The van der Waals surface area contributed by atoms with Gasteiger partial charge >= 0.3 is 0 Å². The molecule has 74 valence electrons. The zero-order valence-corrected chi connectivity index (χ0v) is 8.26. The molecule has 0 radical (unpaired) electrons. The van der Waals surface area contributed by atoms with E-state index in [9.17, 15) is 0 Å². The second kappa shape index (κ2) is 5.59. The summed E-state index contributed by atoms with van der Waals surface area (Å²) in [5.41, 5.74) is 1.02. The summed E-state index contributed by atoms with van der Waals surface area (Å²) in [5, 5.41) is 10.0. The molecule has 0 saturated carbocycles. The van der Waals surface area contributed by atoms with E-state index < -0.39 is 0 Å². The zero-order chi connectivity index (χ0) is 9.52. The minimum atomic E-state index is 0.671. The van der Waals surface area contributed by atoms with Crippen molar-refractivity contribution in [3.63, 3.8) is 0 Å². The standard InChI is InChI=1S/C9H17N3O/c1-3-4-10-5-6-13-9-7-8(2)11-12-9/h7,10H,3-6H2,1-2H3,(H,11,12). The van der Waals surface area contributed by atoms with Crippen molar-refractivity contribution in [1.29, 1.82) is 0 Å². The van der Waals surface area contributed by atoms with Gasteiger partial charge in [0.2, 0.25) is 5.88 Å². The lowest BCUT2D eigenvalue weighted by Crippen LogP contribution is -2.21. The normalized spacial score (nSPS) is 10.3. The molecule has 0 saturated heterocycles. The topological polar surface area (TPSA) is 49.9 Å². The molecule has 13 heavy (non-hydrogen) atoms. The number of hydrogen-bond acceptors (Lipinski definition) is 3.